The minimum absolute atomic E-state index is 0.249. The first-order chi connectivity index (χ1) is 9.03. The second-order valence-electron chi connectivity index (χ2n) is 4.10. The first-order valence-electron chi connectivity index (χ1n) is 5.69. The number of rotatable bonds is 5. The van der Waals surface area contributed by atoms with Crippen molar-refractivity contribution in [3.63, 3.8) is 0 Å². The number of sulfonamides is 1. The lowest BCUT2D eigenvalue weighted by molar-refractivity contribution is 0.581. The molecule has 1 aromatic heterocycles. The Morgan fingerprint density at radius 2 is 2.21 bits per heavy atom. The predicted octanol–water partition coefficient (Wildman–Crippen LogP) is 1.39. The van der Waals surface area contributed by atoms with Gasteiger partial charge in [0.1, 0.15) is 0 Å². The number of aromatic nitrogens is 1. The van der Waals surface area contributed by atoms with Gasteiger partial charge in [-0.15, -0.1) is 11.3 Å². The molecule has 0 spiro atoms. The Morgan fingerprint density at radius 3 is 2.84 bits per heavy atom. The molecule has 7 heteroatoms. The summed E-state index contributed by atoms with van der Waals surface area (Å²) in [5.41, 5.74) is 8.71. The zero-order valence-electron chi connectivity index (χ0n) is 10.5. The molecule has 0 unspecified atom stereocenters. The molecule has 19 heavy (non-hydrogen) atoms. The molecule has 2 rings (SSSR count). The highest BCUT2D eigenvalue weighted by atomic mass is 32.2. The van der Waals surface area contributed by atoms with Crippen molar-refractivity contribution < 1.29 is 8.42 Å². The van der Waals surface area contributed by atoms with Gasteiger partial charge >= 0.3 is 0 Å². The molecule has 0 radical (unpaired) electrons. The van der Waals surface area contributed by atoms with Crippen molar-refractivity contribution in [1.29, 1.82) is 0 Å². The molecular weight excluding hydrogens is 282 g/mol. The second kappa shape index (κ2) is 5.79. The van der Waals surface area contributed by atoms with Crippen LogP contribution >= 0.6 is 11.3 Å². The fourth-order valence-electron chi connectivity index (χ4n) is 1.63. The van der Waals surface area contributed by atoms with E-state index < -0.39 is 10.0 Å². The maximum Gasteiger partial charge on any atom is 0.241 e. The number of thiazole rings is 1. The van der Waals surface area contributed by atoms with Gasteiger partial charge in [0.25, 0.3) is 0 Å². The van der Waals surface area contributed by atoms with Crippen LogP contribution in [0.5, 0.6) is 0 Å². The van der Waals surface area contributed by atoms with Gasteiger partial charge < -0.3 is 5.73 Å². The molecule has 5 nitrogen and oxygen atoms in total. The second-order valence-corrected chi connectivity index (χ2v) is 6.80. The highest BCUT2D eigenvalue weighted by Crippen LogP contribution is 2.17. The zero-order valence-corrected chi connectivity index (χ0v) is 12.1. The maximum absolute atomic E-state index is 12.2. The SMILES string of the molecule is Cc1ccc(CN)cc1S(=O)(=O)NCc1cncs1. The van der Waals surface area contributed by atoms with Gasteiger partial charge in [-0.3, -0.25) is 4.98 Å². The molecule has 1 aromatic carbocycles. The Hall–Kier alpha value is -1.28. The summed E-state index contributed by atoms with van der Waals surface area (Å²) >= 11 is 1.41. The van der Waals surface area contributed by atoms with Crippen LogP contribution < -0.4 is 10.5 Å². The van der Waals surface area contributed by atoms with E-state index in [0.29, 0.717) is 12.1 Å². The summed E-state index contributed by atoms with van der Waals surface area (Å²) < 4.78 is 27.1. The molecule has 0 amide bonds. The Labute approximate surface area is 116 Å². The number of nitrogens with one attached hydrogen (secondary N) is 1. The molecule has 1 heterocycles. The lowest BCUT2D eigenvalue weighted by Gasteiger charge is -2.10. The van der Waals surface area contributed by atoms with Crippen molar-refractivity contribution in [3.05, 3.63) is 45.9 Å². The Morgan fingerprint density at radius 1 is 1.42 bits per heavy atom. The summed E-state index contributed by atoms with van der Waals surface area (Å²) in [5.74, 6) is 0. The van der Waals surface area contributed by atoms with Gasteiger partial charge in [0.15, 0.2) is 0 Å². The predicted molar refractivity (Wildman–Crippen MR) is 75.2 cm³/mol. The van der Waals surface area contributed by atoms with E-state index in [1.165, 1.54) is 11.3 Å². The lowest BCUT2D eigenvalue weighted by atomic mass is 10.1. The smallest absolute Gasteiger partial charge is 0.241 e. The fraction of sp³-hybridized carbons (Fsp3) is 0.250. The van der Waals surface area contributed by atoms with Crippen molar-refractivity contribution in [1.82, 2.24) is 9.71 Å². The van der Waals surface area contributed by atoms with Gasteiger partial charge in [-0.2, -0.15) is 0 Å². The largest absolute Gasteiger partial charge is 0.326 e. The quantitative estimate of drug-likeness (QED) is 0.873. The molecule has 3 N–H and O–H groups in total. The molecule has 102 valence electrons. The van der Waals surface area contributed by atoms with E-state index in [1.54, 1.807) is 30.8 Å². The number of nitrogens with zero attached hydrogens (tertiary/aromatic N) is 1. The minimum Gasteiger partial charge on any atom is -0.326 e. The van der Waals surface area contributed by atoms with Crippen molar-refractivity contribution in [2.24, 2.45) is 5.73 Å². The van der Waals surface area contributed by atoms with Crippen LogP contribution in [-0.4, -0.2) is 13.4 Å². The van der Waals surface area contributed by atoms with E-state index in [2.05, 4.69) is 9.71 Å². The highest BCUT2D eigenvalue weighted by molar-refractivity contribution is 7.89. The van der Waals surface area contributed by atoms with Gasteiger partial charge in [0, 0.05) is 24.2 Å². The van der Waals surface area contributed by atoms with Gasteiger partial charge in [-0.25, -0.2) is 13.1 Å². The monoisotopic (exact) mass is 297 g/mol. The van der Waals surface area contributed by atoms with Gasteiger partial charge in [0.2, 0.25) is 10.0 Å². The number of nitrogens with two attached hydrogens (primary N) is 1. The molecule has 0 bridgehead atoms. The van der Waals surface area contributed by atoms with E-state index in [0.717, 1.165) is 10.4 Å². The third-order valence-corrected chi connectivity index (χ3v) is 5.02. The third-order valence-electron chi connectivity index (χ3n) is 2.70. The maximum atomic E-state index is 12.2. The van der Waals surface area contributed by atoms with Crippen molar-refractivity contribution in [2.45, 2.75) is 24.9 Å². The summed E-state index contributed by atoms with van der Waals surface area (Å²) in [5, 5.41) is 0. The number of hydrogen-bond donors (Lipinski definition) is 2. The van der Waals surface area contributed by atoms with Crippen molar-refractivity contribution in [2.75, 3.05) is 0 Å². The Bertz CT molecular complexity index is 652. The van der Waals surface area contributed by atoms with Crippen molar-refractivity contribution >= 4 is 21.4 Å². The normalized spacial score (nSPS) is 11.7. The van der Waals surface area contributed by atoms with Crippen LogP contribution in [0.4, 0.5) is 0 Å². The van der Waals surface area contributed by atoms with Crippen LogP contribution in [0.25, 0.3) is 0 Å². The Kier molecular flexibility index (Phi) is 4.31. The van der Waals surface area contributed by atoms with Crippen LogP contribution in [0.1, 0.15) is 16.0 Å². The molecule has 0 atom stereocenters. The van der Waals surface area contributed by atoms with E-state index in [-0.39, 0.29) is 11.4 Å². The third kappa shape index (κ3) is 3.38. The summed E-state index contributed by atoms with van der Waals surface area (Å²) in [6, 6.07) is 5.21. The molecule has 0 fully saturated rings. The molecule has 0 saturated heterocycles. The standard InChI is InChI=1S/C12H15N3O2S2/c1-9-2-3-10(5-13)4-12(9)19(16,17)15-7-11-6-14-8-18-11/h2-4,6,8,15H,5,7,13H2,1H3. The number of benzene rings is 1. The van der Waals surface area contributed by atoms with Crippen LogP contribution in [0.15, 0.2) is 34.8 Å². The summed E-state index contributed by atoms with van der Waals surface area (Å²) in [7, 11) is -3.53. The minimum atomic E-state index is -3.53. The first-order valence-corrected chi connectivity index (χ1v) is 8.06. The summed E-state index contributed by atoms with van der Waals surface area (Å²) in [6.07, 6.45) is 1.65. The van der Waals surface area contributed by atoms with Gasteiger partial charge in [0.05, 0.1) is 10.4 Å². The fourth-order valence-corrected chi connectivity index (χ4v) is 3.56. The molecule has 0 aliphatic rings. The summed E-state index contributed by atoms with van der Waals surface area (Å²) in [6.45, 7) is 2.33. The van der Waals surface area contributed by atoms with E-state index in [1.807, 2.05) is 6.07 Å². The number of aryl methyl sites for hydroxylation is 1. The molecule has 0 saturated carbocycles. The zero-order chi connectivity index (χ0) is 13.9. The average molecular weight is 297 g/mol. The van der Waals surface area contributed by atoms with Crippen molar-refractivity contribution in [3.8, 4) is 0 Å². The average Bonchev–Trinajstić information content (AvgIpc) is 2.90. The molecular formula is C12H15N3O2S2. The topological polar surface area (TPSA) is 85.1 Å². The van der Waals surface area contributed by atoms with E-state index in [9.17, 15) is 8.42 Å². The number of hydrogen-bond acceptors (Lipinski definition) is 5. The molecule has 2 aromatic rings. The van der Waals surface area contributed by atoms with E-state index >= 15 is 0 Å². The van der Waals surface area contributed by atoms with Gasteiger partial charge in [-0.05, 0) is 24.1 Å². The highest BCUT2D eigenvalue weighted by Gasteiger charge is 2.17. The summed E-state index contributed by atoms with van der Waals surface area (Å²) in [4.78, 5) is 5.06. The first kappa shape index (κ1) is 14.1. The van der Waals surface area contributed by atoms with Crippen LogP contribution in [0.2, 0.25) is 0 Å². The molecule has 0 aliphatic heterocycles. The van der Waals surface area contributed by atoms with E-state index in [4.69, 9.17) is 5.73 Å². The van der Waals surface area contributed by atoms with Crippen LogP contribution in [0, 0.1) is 6.92 Å². The van der Waals surface area contributed by atoms with Crippen LogP contribution in [-0.2, 0) is 23.1 Å². The molecule has 0 aliphatic carbocycles. The lowest BCUT2D eigenvalue weighted by Crippen LogP contribution is -2.23. The Balaban J connectivity index is 2.23. The van der Waals surface area contributed by atoms with Crippen LogP contribution in [0.3, 0.4) is 0 Å². The van der Waals surface area contributed by atoms with Gasteiger partial charge in [-0.1, -0.05) is 12.1 Å².